The van der Waals surface area contributed by atoms with Gasteiger partial charge in [-0.25, -0.2) is 4.39 Å². The van der Waals surface area contributed by atoms with Crippen LogP contribution in [-0.4, -0.2) is 10.3 Å². The third kappa shape index (κ3) is 2.20. The average Bonchev–Trinajstić information content (AvgIpc) is 2.06. The first-order valence-electron chi connectivity index (χ1n) is 3.58. The van der Waals surface area contributed by atoms with Crippen LogP contribution in [-0.2, 0) is 6.18 Å². The first kappa shape index (κ1) is 11.8. The van der Waals surface area contributed by atoms with Gasteiger partial charge in [-0.1, -0.05) is 11.6 Å². The van der Waals surface area contributed by atoms with E-state index in [1.807, 2.05) is 0 Å². The lowest BCUT2D eigenvalue weighted by Crippen LogP contribution is -2.09. The SMILES string of the molecule is N=C(Cl)c1ccc(C(F)(F)F)c(F)c1O. The summed E-state index contributed by atoms with van der Waals surface area (Å²) in [7, 11) is 0. The first-order valence-corrected chi connectivity index (χ1v) is 3.96. The molecule has 15 heavy (non-hydrogen) atoms. The summed E-state index contributed by atoms with van der Waals surface area (Å²) in [4.78, 5) is 0. The lowest BCUT2D eigenvalue weighted by molar-refractivity contribution is -0.140. The summed E-state index contributed by atoms with van der Waals surface area (Å²) in [6.45, 7) is 0. The summed E-state index contributed by atoms with van der Waals surface area (Å²) < 4.78 is 49.4. The predicted molar refractivity (Wildman–Crippen MR) is 45.7 cm³/mol. The molecule has 0 unspecified atom stereocenters. The molecule has 2 nitrogen and oxygen atoms in total. The Morgan fingerprint density at radius 2 is 1.87 bits per heavy atom. The monoisotopic (exact) mass is 241 g/mol. The van der Waals surface area contributed by atoms with Crippen molar-refractivity contribution in [2.75, 3.05) is 0 Å². The minimum absolute atomic E-state index is 0.418. The van der Waals surface area contributed by atoms with Crippen LogP contribution < -0.4 is 0 Å². The number of benzene rings is 1. The maximum absolute atomic E-state index is 13.0. The Morgan fingerprint density at radius 3 is 2.27 bits per heavy atom. The average molecular weight is 242 g/mol. The first-order chi connectivity index (χ1) is 6.75. The molecule has 82 valence electrons. The van der Waals surface area contributed by atoms with Crippen LogP contribution in [0.4, 0.5) is 17.6 Å². The van der Waals surface area contributed by atoms with E-state index in [0.717, 1.165) is 6.07 Å². The van der Waals surface area contributed by atoms with Crippen LogP contribution in [0, 0.1) is 11.2 Å². The standard InChI is InChI=1S/C8H4ClF4NO/c9-7(14)3-1-2-4(8(11,12)13)5(10)6(3)15/h1-2,14-15H. The molecule has 7 heteroatoms. The largest absolute Gasteiger partial charge is 0.504 e. The van der Waals surface area contributed by atoms with Gasteiger partial charge in [0.25, 0.3) is 0 Å². The Balaban J connectivity index is 3.41. The second-order valence-corrected chi connectivity index (χ2v) is 3.01. The van der Waals surface area contributed by atoms with Crippen molar-refractivity contribution in [3.63, 3.8) is 0 Å². The molecule has 1 aromatic rings. The number of alkyl halides is 3. The van der Waals surface area contributed by atoms with E-state index in [-0.39, 0.29) is 0 Å². The molecule has 0 aliphatic carbocycles. The number of phenols is 1. The van der Waals surface area contributed by atoms with Gasteiger partial charge in [-0.15, -0.1) is 0 Å². The summed E-state index contributed by atoms with van der Waals surface area (Å²) in [5.41, 5.74) is -2.08. The molecule has 0 atom stereocenters. The fraction of sp³-hybridized carbons (Fsp3) is 0.125. The van der Waals surface area contributed by atoms with Crippen LogP contribution in [0.25, 0.3) is 0 Å². The molecule has 0 fully saturated rings. The molecular weight excluding hydrogens is 238 g/mol. The second kappa shape index (κ2) is 3.69. The van der Waals surface area contributed by atoms with Gasteiger partial charge in [0, 0.05) is 0 Å². The van der Waals surface area contributed by atoms with Crippen molar-refractivity contribution in [2.24, 2.45) is 0 Å². The van der Waals surface area contributed by atoms with Crippen molar-refractivity contribution in [3.05, 3.63) is 29.1 Å². The topological polar surface area (TPSA) is 44.1 Å². The lowest BCUT2D eigenvalue weighted by Gasteiger charge is -2.10. The van der Waals surface area contributed by atoms with E-state index in [9.17, 15) is 17.6 Å². The highest BCUT2D eigenvalue weighted by molar-refractivity contribution is 6.69. The number of hydrogen-bond acceptors (Lipinski definition) is 2. The Labute approximate surface area is 86.6 Å². The molecule has 0 bridgehead atoms. The Kier molecular flexibility index (Phi) is 2.90. The van der Waals surface area contributed by atoms with E-state index in [0.29, 0.717) is 6.07 Å². The van der Waals surface area contributed by atoms with Crippen molar-refractivity contribution in [2.45, 2.75) is 6.18 Å². The summed E-state index contributed by atoms with van der Waals surface area (Å²) >= 11 is 5.12. The molecule has 0 saturated heterocycles. The Hall–Kier alpha value is -1.30. The zero-order valence-corrected chi connectivity index (χ0v) is 7.75. The predicted octanol–water partition coefficient (Wildman–Crippen LogP) is 3.11. The fourth-order valence-corrected chi connectivity index (χ4v) is 1.11. The highest BCUT2D eigenvalue weighted by Crippen LogP contribution is 2.36. The van der Waals surface area contributed by atoms with Gasteiger partial charge in [0.2, 0.25) is 0 Å². The zero-order valence-electron chi connectivity index (χ0n) is 6.99. The highest BCUT2D eigenvalue weighted by atomic mass is 35.5. The smallest absolute Gasteiger partial charge is 0.419 e. The molecule has 0 saturated carbocycles. The molecule has 0 aliphatic rings. The van der Waals surface area contributed by atoms with Crippen molar-refractivity contribution < 1.29 is 22.7 Å². The third-order valence-electron chi connectivity index (χ3n) is 1.66. The highest BCUT2D eigenvalue weighted by Gasteiger charge is 2.36. The summed E-state index contributed by atoms with van der Waals surface area (Å²) in [6.07, 6.45) is -4.89. The van der Waals surface area contributed by atoms with E-state index < -0.39 is 34.0 Å². The maximum atomic E-state index is 13.0. The van der Waals surface area contributed by atoms with Gasteiger partial charge in [0.1, 0.15) is 5.17 Å². The van der Waals surface area contributed by atoms with Crippen LogP contribution >= 0.6 is 11.6 Å². The molecular formula is C8H4ClF4NO. The second-order valence-electron chi connectivity index (χ2n) is 2.64. The fourth-order valence-electron chi connectivity index (χ4n) is 0.961. The van der Waals surface area contributed by atoms with Gasteiger partial charge in [-0.3, -0.25) is 5.41 Å². The zero-order chi connectivity index (χ0) is 11.8. The van der Waals surface area contributed by atoms with Gasteiger partial charge >= 0.3 is 6.18 Å². The lowest BCUT2D eigenvalue weighted by atomic mass is 10.1. The van der Waals surface area contributed by atoms with Crippen LogP contribution in [0.3, 0.4) is 0 Å². The Bertz CT molecular complexity index is 416. The molecule has 0 amide bonds. The molecule has 0 heterocycles. The third-order valence-corrected chi connectivity index (χ3v) is 1.86. The molecule has 1 rings (SSSR count). The van der Waals surface area contributed by atoms with Crippen molar-refractivity contribution in [3.8, 4) is 5.75 Å². The van der Waals surface area contributed by atoms with E-state index in [4.69, 9.17) is 22.1 Å². The summed E-state index contributed by atoms with van der Waals surface area (Å²) in [6, 6.07) is 1.15. The van der Waals surface area contributed by atoms with Gasteiger partial charge in [0.15, 0.2) is 11.6 Å². The van der Waals surface area contributed by atoms with Crippen molar-refractivity contribution in [1.29, 1.82) is 5.41 Å². The van der Waals surface area contributed by atoms with E-state index in [1.165, 1.54) is 0 Å². The van der Waals surface area contributed by atoms with Crippen LogP contribution in [0.15, 0.2) is 12.1 Å². The van der Waals surface area contributed by atoms with Crippen LogP contribution in [0.2, 0.25) is 0 Å². The van der Waals surface area contributed by atoms with E-state index in [1.54, 1.807) is 0 Å². The molecule has 0 radical (unpaired) electrons. The van der Waals surface area contributed by atoms with Gasteiger partial charge in [0.05, 0.1) is 11.1 Å². The number of halogens is 5. The van der Waals surface area contributed by atoms with E-state index >= 15 is 0 Å². The molecule has 0 aromatic heterocycles. The molecule has 2 N–H and O–H groups in total. The molecule has 0 spiro atoms. The minimum atomic E-state index is -4.89. The summed E-state index contributed by atoms with van der Waals surface area (Å²) in [5, 5.41) is 15.1. The van der Waals surface area contributed by atoms with Crippen molar-refractivity contribution >= 4 is 16.8 Å². The number of phenolic OH excluding ortho intramolecular Hbond substituents is 1. The quantitative estimate of drug-likeness (QED) is 0.576. The van der Waals surface area contributed by atoms with Gasteiger partial charge in [-0.05, 0) is 12.1 Å². The normalized spacial score (nSPS) is 11.5. The van der Waals surface area contributed by atoms with Gasteiger partial charge in [-0.2, -0.15) is 13.2 Å². The molecule has 1 aromatic carbocycles. The Morgan fingerprint density at radius 1 is 1.33 bits per heavy atom. The van der Waals surface area contributed by atoms with Crippen LogP contribution in [0.5, 0.6) is 5.75 Å². The van der Waals surface area contributed by atoms with Crippen LogP contribution in [0.1, 0.15) is 11.1 Å². The van der Waals surface area contributed by atoms with E-state index in [2.05, 4.69) is 0 Å². The number of nitrogens with one attached hydrogen (secondary N) is 1. The molecule has 0 aliphatic heterocycles. The number of aromatic hydroxyl groups is 1. The van der Waals surface area contributed by atoms with Gasteiger partial charge < -0.3 is 5.11 Å². The maximum Gasteiger partial charge on any atom is 0.419 e. The number of rotatable bonds is 1. The van der Waals surface area contributed by atoms with Crippen molar-refractivity contribution in [1.82, 2.24) is 0 Å². The minimum Gasteiger partial charge on any atom is -0.504 e. The summed E-state index contributed by atoms with van der Waals surface area (Å²) in [5.74, 6) is -3.10. The number of hydrogen-bond donors (Lipinski definition) is 2.